The van der Waals surface area contributed by atoms with Crippen molar-refractivity contribution in [2.45, 2.75) is 11.8 Å². The number of benzene rings is 1. The van der Waals surface area contributed by atoms with Crippen molar-refractivity contribution in [1.82, 2.24) is 14.8 Å². The number of nitrogens with one attached hydrogen (secondary N) is 2. The number of H-pyrrole nitrogens is 1. The topological polar surface area (TPSA) is 96.8 Å². The van der Waals surface area contributed by atoms with Crippen LogP contribution in [0, 0.1) is 6.92 Å². The predicted octanol–water partition coefficient (Wildman–Crippen LogP) is 2.32. The third-order valence-electron chi connectivity index (χ3n) is 3.39. The lowest BCUT2D eigenvalue weighted by atomic mass is 10.3. The van der Waals surface area contributed by atoms with Crippen LogP contribution >= 0.6 is 11.6 Å². The first-order chi connectivity index (χ1) is 11.4. The second-order valence-corrected chi connectivity index (χ2v) is 7.09. The van der Waals surface area contributed by atoms with E-state index < -0.39 is 15.6 Å². The van der Waals surface area contributed by atoms with E-state index in [-0.39, 0.29) is 10.6 Å². The summed E-state index contributed by atoms with van der Waals surface area (Å²) in [5.41, 5.74) is 0.507. The molecule has 7 nitrogen and oxygen atoms in total. The van der Waals surface area contributed by atoms with Gasteiger partial charge in [0, 0.05) is 11.2 Å². The summed E-state index contributed by atoms with van der Waals surface area (Å²) in [5.74, 6) is 0. The van der Waals surface area contributed by atoms with E-state index in [1.54, 1.807) is 31.2 Å². The molecule has 0 saturated heterocycles. The monoisotopic (exact) mass is 364 g/mol. The summed E-state index contributed by atoms with van der Waals surface area (Å²) in [6.45, 7) is 1.63. The summed E-state index contributed by atoms with van der Waals surface area (Å²) in [7, 11) is -3.94. The number of pyridine rings is 1. The summed E-state index contributed by atoms with van der Waals surface area (Å²) < 4.78 is 28.8. The van der Waals surface area contributed by atoms with E-state index in [1.807, 2.05) is 0 Å². The first-order valence-electron chi connectivity index (χ1n) is 6.89. The number of hydrogen-bond donors (Lipinski definition) is 2. The Balaban J connectivity index is 1.99. The Hall–Kier alpha value is -2.58. The minimum atomic E-state index is -3.94. The van der Waals surface area contributed by atoms with Crippen molar-refractivity contribution in [3.63, 3.8) is 0 Å². The largest absolute Gasteiger partial charge is 0.327 e. The van der Waals surface area contributed by atoms with Gasteiger partial charge in [0.15, 0.2) is 0 Å². The lowest BCUT2D eigenvalue weighted by molar-refractivity contribution is 0.600. The molecule has 24 heavy (non-hydrogen) atoms. The predicted molar refractivity (Wildman–Crippen MR) is 91.2 cm³/mol. The molecular formula is C15H13ClN4O3S. The van der Waals surface area contributed by atoms with Crippen molar-refractivity contribution in [2.75, 3.05) is 4.72 Å². The molecule has 0 aliphatic carbocycles. The van der Waals surface area contributed by atoms with Crippen LogP contribution in [0.25, 0.3) is 5.69 Å². The first-order valence-corrected chi connectivity index (χ1v) is 8.76. The molecule has 2 heterocycles. The quantitative estimate of drug-likeness (QED) is 0.742. The maximum absolute atomic E-state index is 12.5. The number of halogens is 1. The molecule has 2 N–H and O–H groups in total. The first kappa shape index (κ1) is 16.3. The number of nitrogens with zero attached hydrogens (tertiary/aromatic N) is 2. The van der Waals surface area contributed by atoms with Crippen molar-refractivity contribution in [2.24, 2.45) is 0 Å². The number of sulfonamides is 1. The highest BCUT2D eigenvalue weighted by Crippen LogP contribution is 2.21. The van der Waals surface area contributed by atoms with Crippen LogP contribution in [0.3, 0.4) is 0 Å². The summed E-state index contributed by atoms with van der Waals surface area (Å²) >= 11 is 5.85. The van der Waals surface area contributed by atoms with Gasteiger partial charge in [0.05, 0.1) is 17.6 Å². The van der Waals surface area contributed by atoms with Gasteiger partial charge < -0.3 is 4.98 Å². The van der Waals surface area contributed by atoms with Crippen molar-refractivity contribution in [3.05, 3.63) is 69.9 Å². The maximum atomic E-state index is 12.5. The molecule has 2 aromatic heterocycles. The fraction of sp³-hybridized carbons (Fsp3) is 0.0667. The Morgan fingerprint density at radius 3 is 2.58 bits per heavy atom. The number of hydrogen-bond acceptors (Lipinski definition) is 4. The molecule has 124 valence electrons. The van der Waals surface area contributed by atoms with Gasteiger partial charge in [-0.3, -0.25) is 9.52 Å². The van der Waals surface area contributed by atoms with Crippen LogP contribution in [0.5, 0.6) is 0 Å². The van der Waals surface area contributed by atoms with Crippen molar-refractivity contribution >= 4 is 27.3 Å². The van der Waals surface area contributed by atoms with Gasteiger partial charge in [0.2, 0.25) is 0 Å². The van der Waals surface area contributed by atoms with Gasteiger partial charge in [-0.05, 0) is 43.3 Å². The molecule has 3 aromatic rings. The second-order valence-electron chi connectivity index (χ2n) is 5.00. The van der Waals surface area contributed by atoms with Crippen LogP contribution in [0.15, 0.2) is 58.5 Å². The Bertz CT molecular complexity index is 1040. The van der Waals surface area contributed by atoms with Crippen molar-refractivity contribution in [1.29, 1.82) is 0 Å². The van der Waals surface area contributed by atoms with Crippen LogP contribution in [-0.4, -0.2) is 23.2 Å². The highest BCUT2D eigenvalue weighted by atomic mass is 35.5. The second kappa shape index (κ2) is 6.14. The molecule has 1 aromatic carbocycles. The molecule has 0 amide bonds. The van der Waals surface area contributed by atoms with Gasteiger partial charge >= 0.3 is 0 Å². The zero-order valence-electron chi connectivity index (χ0n) is 12.5. The molecule has 0 aliphatic rings. The van der Waals surface area contributed by atoms with Crippen LogP contribution in [0.2, 0.25) is 5.02 Å². The van der Waals surface area contributed by atoms with Crippen molar-refractivity contribution < 1.29 is 8.42 Å². The molecule has 0 bridgehead atoms. The summed E-state index contributed by atoms with van der Waals surface area (Å²) in [6, 6.07) is 9.75. The summed E-state index contributed by atoms with van der Waals surface area (Å²) in [4.78, 5) is 14.1. The Labute approximate surface area is 143 Å². The standard InChI is InChI=1S/C15H13ClN4O3S/c1-10-14(9-18-20(10)12-6-4-11(16)5-7-12)24(22,23)19-13-3-2-8-17-15(13)21/h2-9,19H,1H3,(H,17,21). The van der Waals surface area contributed by atoms with Gasteiger partial charge in [-0.25, -0.2) is 13.1 Å². The van der Waals surface area contributed by atoms with Crippen LogP contribution < -0.4 is 10.3 Å². The number of aromatic amines is 1. The lowest BCUT2D eigenvalue weighted by Crippen LogP contribution is -2.20. The normalized spacial score (nSPS) is 11.4. The van der Waals surface area contributed by atoms with Gasteiger partial charge in [-0.15, -0.1) is 0 Å². The molecule has 0 aliphatic heterocycles. The van der Waals surface area contributed by atoms with Crippen LogP contribution in [0.1, 0.15) is 5.69 Å². The number of anilines is 1. The highest BCUT2D eigenvalue weighted by Gasteiger charge is 2.22. The number of aromatic nitrogens is 3. The van der Waals surface area contributed by atoms with E-state index >= 15 is 0 Å². The van der Waals surface area contributed by atoms with Crippen LogP contribution in [0.4, 0.5) is 5.69 Å². The fourth-order valence-electron chi connectivity index (χ4n) is 2.20. The minimum Gasteiger partial charge on any atom is -0.327 e. The zero-order chi connectivity index (χ0) is 17.3. The average molecular weight is 365 g/mol. The number of rotatable bonds is 4. The van der Waals surface area contributed by atoms with Crippen LogP contribution in [-0.2, 0) is 10.0 Å². The van der Waals surface area contributed by atoms with Gasteiger partial charge in [0.1, 0.15) is 10.6 Å². The van der Waals surface area contributed by atoms with E-state index in [0.717, 1.165) is 0 Å². The summed E-state index contributed by atoms with van der Waals surface area (Å²) in [5, 5.41) is 4.69. The maximum Gasteiger partial charge on any atom is 0.272 e. The molecular weight excluding hydrogens is 352 g/mol. The van der Waals surface area contributed by atoms with Gasteiger partial charge in [0.25, 0.3) is 15.6 Å². The molecule has 0 spiro atoms. The van der Waals surface area contributed by atoms with E-state index in [4.69, 9.17) is 11.6 Å². The molecule has 3 rings (SSSR count). The van der Waals surface area contributed by atoms with Crippen molar-refractivity contribution in [3.8, 4) is 5.69 Å². The lowest BCUT2D eigenvalue weighted by Gasteiger charge is -2.08. The van der Waals surface area contributed by atoms with E-state index in [0.29, 0.717) is 16.4 Å². The van der Waals surface area contributed by atoms with E-state index in [9.17, 15) is 13.2 Å². The Kier molecular flexibility index (Phi) is 4.16. The Morgan fingerprint density at radius 1 is 1.21 bits per heavy atom. The summed E-state index contributed by atoms with van der Waals surface area (Å²) in [6.07, 6.45) is 2.66. The van der Waals surface area contributed by atoms with E-state index in [2.05, 4.69) is 14.8 Å². The van der Waals surface area contributed by atoms with E-state index in [1.165, 1.54) is 29.2 Å². The third kappa shape index (κ3) is 3.06. The molecule has 0 unspecified atom stereocenters. The Morgan fingerprint density at radius 2 is 1.92 bits per heavy atom. The fourth-order valence-corrected chi connectivity index (χ4v) is 3.55. The average Bonchev–Trinajstić information content (AvgIpc) is 2.93. The molecule has 0 radical (unpaired) electrons. The minimum absolute atomic E-state index is 0.0132. The van der Waals surface area contributed by atoms with Gasteiger partial charge in [-0.1, -0.05) is 11.6 Å². The highest BCUT2D eigenvalue weighted by molar-refractivity contribution is 7.92. The third-order valence-corrected chi connectivity index (χ3v) is 5.11. The zero-order valence-corrected chi connectivity index (χ0v) is 14.1. The molecule has 0 fully saturated rings. The van der Waals surface area contributed by atoms with Gasteiger partial charge in [-0.2, -0.15) is 5.10 Å². The smallest absolute Gasteiger partial charge is 0.272 e. The SMILES string of the molecule is Cc1c(S(=O)(=O)Nc2ccc[nH]c2=O)cnn1-c1ccc(Cl)cc1. The molecule has 0 saturated carbocycles. The molecule has 9 heteroatoms. The molecule has 0 atom stereocenters.